The summed E-state index contributed by atoms with van der Waals surface area (Å²) in [6.45, 7) is 1.59. The Kier molecular flexibility index (Phi) is 4.64. The molecule has 1 aromatic rings. The first-order valence-corrected chi connectivity index (χ1v) is 6.69. The van der Waals surface area contributed by atoms with E-state index in [4.69, 9.17) is 0 Å². The predicted molar refractivity (Wildman–Crippen MR) is 74.2 cm³/mol. The van der Waals surface area contributed by atoms with Crippen molar-refractivity contribution in [1.82, 2.24) is 0 Å². The van der Waals surface area contributed by atoms with E-state index in [1.165, 1.54) is 0 Å². The molecule has 13 heavy (non-hydrogen) atoms. The Bertz CT molecular complexity index is 338. The fraction of sp³-hybridized carbons (Fsp3) is 0.222. The normalized spacial score (nSPS) is 12.6. The van der Waals surface area contributed by atoms with Crippen molar-refractivity contribution in [3.8, 4) is 0 Å². The fourth-order valence-electron chi connectivity index (χ4n) is 0.928. The van der Waals surface area contributed by atoms with Crippen LogP contribution in [0, 0.1) is 7.14 Å². The van der Waals surface area contributed by atoms with Crippen LogP contribution in [0.1, 0.15) is 17.3 Å². The maximum Gasteiger partial charge on any atom is 0.147 e. The lowest BCUT2D eigenvalue weighted by Gasteiger charge is -2.08. The number of benzene rings is 1. The summed E-state index contributed by atoms with van der Waals surface area (Å²) in [6.07, 6.45) is 0. The first-order valence-electron chi connectivity index (χ1n) is 3.62. The summed E-state index contributed by atoms with van der Waals surface area (Å²) in [7, 11) is 0. The molecule has 0 aliphatic carbocycles. The van der Waals surface area contributed by atoms with Crippen LogP contribution in [0.15, 0.2) is 18.2 Å². The molecule has 0 aromatic heterocycles. The van der Waals surface area contributed by atoms with Crippen molar-refractivity contribution in [2.24, 2.45) is 0 Å². The number of hydrogen-bond donors (Lipinski definition) is 0. The highest BCUT2D eigenvalue weighted by Gasteiger charge is 2.15. The summed E-state index contributed by atoms with van der Waals surface area (Å²) in [5, 5.41) is 0. The van der Waals surface area contributed by atoms with E-state index in [0.29, 0.717) is 0 Å². The van der Waals surface area contributed by atoms with Gasteiger partial charge in [-0.15, -0.1) is 0 Å². The topological polar surface area (TPSA) is 17.1 Å². The number of alkyl halides is 1. The lowest BCUT2D eigenvalue weighted by molar-refractivity contribution is -0.116. The van der Waals surface area contributed by atoms with E-state index in [1.807, 2.05) is 18.2 Å². The quantitative estimate of drug-likeness (QED) is 0.479. The average Bonchev–Trinajstić information content (AvgIpc) is 2.08. The first-order chi connectivity index (χ1) is 6.02. The molecule has 0 saturated heterocycles. The van der Waals surface area contributed by atoms with E-state index in [9.17, 15) is 4.79 Å². The Labute approximate surface area is 113 Å². The van der Waals surface area contributed by atoms with Gasteiger partial charge in [0.05, 0.1) is 4.83 Å². The molecule has 0 heterocycles. The molecule has 0 aliphatic heterocycles. The molecule has 1 aromatic carbocycles. The predicted octanol–water partition coefficient (Wildman–Crippen LogP) is 3.92. The molecule has 0 fully saturated rings. The van der Waals surface area contributed by atoms with E-state index in [0.717, 1.165) is 12.7 Å². The Hall–Kier alpha value is 0.830. The van der Waals surface area contributed by atoms with Crippen molar-refractivity contribution in [2.75, 3.05) is 0 Å². The van der Waals surface area contributed by atoms with Crippen LogP contribution in [0.2, 0.25) is 0 Å². The zero-order chi connectivity index (χ0) is 10.0. The van der Waals surface area contributed by atoms with Crippen molar-refractivity contribution in [2.45, 2.75) is 11.8 Å². The van der Waals surface area contributed by atoms with E-state index < -0.39 is 0 Å². The summed E-state index contributed by atoms with van der Waals surface area (Å²) < 4.78 is 2.27. The smallest absolute Gasteiger partial charge is 0.147 e. The molecule has 0 N–H and O–H groups in total. The van der Waals surface area contributed by atoms with Crippen LogP contribution in [-0.4, -0.2) is 5.78 Å². The van der Waals surface area contributed by atoms with Crippen LogP contribution in [0.3, 0.4) is 0 Å². The zero-order valence-corrected chi connectivity index (χ0v) is 12.8. The van der Waals surface area contributed by atoms with Gasteiger partial charge in [-0.3, -0.25) is 4.79 Å². The van der Waals surface area contributed by atoms with Crippen molar-refractivity contribution in [3.63, 3.8) is 0 Å². The van der Waals surface area contributed by atoms with Gasteiger partial charge >= 0.3 is 0 Å². The van der Waals surface area contributed by atoms with Crippen LogP contribution < -0.4 is 0 Å². The molecule has 1 rings (SSSR count). The second-order valence-corrected chi connectivity index (χ2v) is 5.96. The molecule has 0 saturated carbocycles. The van der Waals surface area contributed by atoms with E-state index in [2.05, 4.69) is 61.1 Å². The third kappa shape index (κ3) is 3.16. The molecule has 1 unspecified atom stereocenters. The minimum atomic E-state index is -0.172. The number of rotatable bonds is 2. The maximum absolute atomic E-state index is 11.2. The Morgan fingerprint density at radius 1 is 1.46 bits per heavy atom. The number of carbonyl (C=O) groups is 1. The molecule has 0 spiro atoms. The lowest BCUT2D eigenvalue weighted by Crippen LogP contribution is -2.03. The van der Waals surface area contributed by atoms with E-state index in [1.54, 1.807) is 6.92 Å². The second-order valence-electron chi connectivity index (χ2n) is 2.64. The van der Waals surface area contributed by atoms with Crippen LogP contribution in [0.4, 0.5) is 0 Å². The highest BCUT2D eigenvalue weighted by molar-refractivity contribution is 14.1. The largest absolute Gasteiger partial charge is 0.298 e. The van der Waals surface area contributed by atoms with Crippen LogP contribution in [-0.2, 0) is 4.79 Å². The standard InChI is InChI=1S/C9H7BrI2O/c1-5(13)9(10)7-4-6(11)2-3-8(7)12/h2-4,9H,1H3. The lowest BCUT2D eigenvalue weighted by atomic mass is 10.1. The summed E-state index contributed by atoms with van der Waals surface area (Å²) in [6, 6.07) is 6.09. The van der Waals surface area contributed by atoms with Gasteiger partial charge in [-0.25, -0.2) is 0 Å². The molecular formula is C9H7BrI2O. The third-order valence-electron chi connectivity index (χ3n) is 1.59. The Morgan fingerprint density at radius 3 is 2.62 bits per heavy atom. The number of halogens is 3. The van der Waals surface area contributed by atoms with Crippen molar-refractivity contribution >= 4 is 66.9 Å². The number of Topliss-reactive ketones (excluding diaryl/α,β-unsaturated/α-hetero) is 1. The van der Waals surface area contributed by atoms with Gasteiger partial charge in [0.15, 0.2) is 0 Å². The molecule has 1 atom stereocenters. The first kappa shape index (κ1) is 11.9. The fourth-order valence-corrected chi connectivity index (χ4v) is 2.90. The number of hydrogen-bond acceptors (Lipinski definition) is 1. The van der Waals surface area contributed by atoms with Crippen molar-refractivity contribution in [1.29, 1.82) is 0 Å². The minimum absolute atomic E-state index is 0.139. The second kappa shape index (κ2) is 5.06. The number of carbonyl (C=O) groups excluding carboxylic acids is 1. The van der Waals surface area contributed by atoms with Crippen LogP contribution in [0.25, 0.3) is 0 Å². The monoisotopic (exact) mass is 464 g/mol. The zero-order valence-electron chi connectivity index (χ0n) is 6.85. The van der Waals surface area contributed by atoms with E-state index in [-0.39, 0.29) is 10.6 Å². The summed E-state index contributed by atoms with van der Waals surface area (Å²) in [5.74, 6) is 0.139. The summed E-state index contributed by atoms with van der Waals surface area (Å²) >= 11 is 7.86. The molecule has 0 radical (unpaired) electrons. The number of ketones is 1. The SMILES string of the molecule is CC(=O)C(Br)c1cc(I)ccc1I. The third-order valence-corrected chi connectivity index (χ3v) is 4.38. The summed E-state index contributed by atoms with van der Waals surface area (Å²) in [5.41, 5.74) is 1.06. The van der Waals surface area contributed by atoms with Gasteiger partial charge < -0.3 is 0 Å². The van der Waals surface area contributed by atoms with Gasteiger partial charge in [0, 0.05) is 7.14 Å². The molecule has 1 nitrogen and oxygen atoms in total. The average molecular weight is 465 g/mol. The van der Waals surface area contributed by atoms with E-state index >= 15 is 0 Å². The molecular weight excluding hydrogens is 458 g/mol. The van der Waals surface area contributed by atoms with Gasteiger partial charge in [0.2, 0.25) is 0 Å². The van der Waals surface area contributed by atoms with Gasteiger partial charge in [-0.2, -0.15) is 0 Å². The molecule has 4 heteroatoms. The van der Waals surface area contributed by atoms with Crippen LogP contribution >= 0.6 is 61.1 Å². The maximum atomic E-state index is 11.2. The van der Waals surface area contributed by atoms with Gasteiger partial charge in [-0.05, 0) is 75.9 Å². The summed E-state index contributed by atoms with van der Waals surface area (Å²) in [4.78, 5) is 11.0. The minimum Gasteiger partial charge on any atom is -0.298 e. The Morgan fingerprint density at radius 2 is 2.08 bits per heavy atom. The van der Waals surface area contributed by atoms with Gasteiger partial charge in [0.1, 0.15) is 5.78 Å². The Balaban J connectivity index is 3.12. The molecule has 70 valence electrons. The van der Waals surface area contributed by atoms with Crippen LogP contribution in [0.5, 0.6) is 0 Å². The van der Waals surface area contributed by atoms with Gasteiger partial charge in [-0.1, -0.05) is 15.9 Å². The van der Waals surface area contributed by atoms with Crippen molar-refractivity contribution < 1.29 is 4.79 Å². The molecule has 0 amide bonds. The highest BCUT2D eigenvalue weighted by Crippen LogP contribution is 2.29. The molecule has 0 aliphatic rings. The highest BCUT2D eigenvalue weighted by atomic mass is 127. The van der Waals surface area contributed by atoms with Gasteiger partial charge in [0.25, 0.3) is 0 Å². The van der Waals surface area contributed by atoms with Crippen molar-refractivity contribution in [3.05, 3.63) is 30.9 Å². The molecule has 0 bridgehead atoms.